The van der Waals surface area contributed by atoms with Crippen LogP contribution in [0.4, 0.5) is 8.78 Å². The third-order valence-corrected chi connectivity index (χ3v) is 5.86. The predicted octanol–water partition coefficient (Wildman–Crippen LogP) is 1.50. The second-order valence-corrected chi connectivity index (χ2v) is 8.26. The van der Waals surface area contributed by atoms with Crippen molar-refractivity contribution in [3.05, 3.63) is 63.1 Å². The molecule has 1 aromatic carbocycles. The molecule has 0 saturated carbocycles. The van der Waals surface area contributed by atoms with Gasteiger partial charge in [0.1, 0.15) is 11.6 Å². The number of halogens is 2. The van der Waals surface area contributed by atoms with Crippen LogP contribution in [-0.2, 0) is 22.5 Å². The van der Waals surface area contributed by atoms with Crippen LogP contribution in [0.15, 0.2) is 29.2 Å². The third-order valence-electron chi connectivity index (χ3n) is 5.86. The molecule has 2 N–H and O–H groups in total. The standard InChI is InChI=1S/C22H23F2N3O5/c1-11(2)27-17-10-32-9-16(17)26-8-13(20(29)21(30)19(26)22(27)31)5-18(28)25-7-12-3-4-14(23)6-15(12)24/h3-4,6,8,11,16-17,30H,5,7,9-10H2,1-2H3,(H,25,28). The molecule has 2 unspecified atom stereocenters. The molecule has 1 fully saturated rings. The van der Waals surface area contributed by atoms with Crippen molar-refractivity contribution in [3.8, 4) is 5.75 Å². The highest BCUT2D eigenvalue weighted by molar-refractivity contribution is 5.96. The number of carbonyl (C=O) groups excluding carboxylic acids is 2. The monoisotopic (exact) mass is 447 g/mol. The Balaban J connectivity index is 1.59. The SMILES string of the molecule is CC(C)N1C(=O)c2c(O)c(=O)c(CC(=O)NCc3ccc(F)cc3F)cn2C2COCC21. The van der Waals surface area contributed by atoms with Crippen LogP contribution in [0.3, 0.4) is 0 Å². The number of hydrogen-bond donors (Lipinski definition) is 2. The number of hydrogen-bond acceptors (Lipinski definition) is 5. The zero-order valence-electron chi connectivity index (χ0n) is 17.6. The van der Waals surface area contributed by atoms with Crippen LogP contribution in [0.5, 0.6) is 5.75 Å². The minimum absolute atomic E-state index is 0.000208. The number of pyridine rings is 1. The van der Waals surface area contributed by atoms with Crippen LogP contribution in [-0.4, -0.2) is 51.7 Å². The van der Waals surface area contributed by atoms with Gasteiger partial charge in [-0.2, -0.15) is 0 Å². The topological polar surface area (TPSA) is 101 Å². The van der Waals surface area contributed by atoms with E-state index in [0.29, 0.717) is 19.3 Å². The van der Waals surface area contributed by atoms with Crippen molar-refractivity contribution in [1.29, 1.82) is 0 Å². The summed E-state index contributed by atoms with van der Waals surface area (Å²) in [5, 5.41) is 13.0. The highest BCUT2D eigenvalue weighted by Crippen LogP contribution is 2.35. The average Bonchev–Trinajstić information content (AvgIpc) is 3.20. The molecule has 2 aromatic rings. The molecule has 3 heterocycles. The highest BCUT2D eigenvalue weighted by Gasteiger charge is 2.45. The van der Waals surface area contributed by atoms with Gasteiger partial charge in [-0.3, -0.25) is 14.4 Å². The first-order valence-electron chi connectivity index (χ1n) is 10.3. The molecule has 2 atom stereocenters. The van der Waals surface area contributed by atoms with Gasteiger partial charge in [0.25, 0.3) is 5.91 Å². The molecule has 8 nitrogen and oxygen atoms in total. The highest BCUT2D eigenvalue weighted by atomic mass is 19.1. The lowest BCUT2D eigenvalue weighted by atomic mass is 10.00. The molecule has 1 saturated heterocycles. The summed E-state index contributed by atoms with van der Waals surface area (Å²) in [6.07, 6.45) is 1.03. The van der Waals surface area contributed by atoms with Crippen LogP contribution in [0.2, 0.25) is 0 Å². The van der Waals surface area contributed by atoms with Gasteiger partial charge < -0.3 is 24.6 Å². The summed E-state index contributed by atoms with van der Waals surface area (Å²) in [6, 6.07) is 2.31. The van der Waals surface area contributed by atoms with Gasteiger partial charge in [-0.05, 0) is 19.9 Å². The molecular formula is C22H23F2N3O5. The van der Waals surface area contributed by atoms with Crippen LogP contribution in [0.25, 0.3) is 0 Å². The molecule has 10 heteroatoms. The normalized spacial score (nSPS) is 19.8. The largest absolute Gasteiger partial charge is 0.503 e. The lowest BCUT2D eigenvalue weighted by Crippen LogP contribution is -2.54. The van der Waals surface area contributed by atoms with Crippen LogP contribution in [0.1, 0.15) is 41.5 Å². The fourth-order valence-electron chi connectivity index (χ4n) is 4.32. The van der Waals surface area contributed by atoms with E-state index in [1.807, 2.05) is 13.8 Å². The van der Waals surface area contributed by atoms with Gasteiger partial charge in [0.05, 0.1) is 31.7 Å². The Morgan fingerprint density at radius 2 is 1.94 bits per heavy atom. The quantitative estimate of drug-likeness (QED) is 0.724. The number of nitrogens with one attached hydrogen (secondary N) is 1. The fourth-order valence-corrected chi connectivity index (χ4v) is 4.32. The van der Waals surface area contributed by atoms with Crippen molar-refractivity contribution in [3.63, 3.8) is 0 Å². The van der Waals surface area contributed by atoms with Crippen LogP contribution in [0, 0.1) is 11.6 Å². The maximum atomic E-state index is 13.8. The Morgan fingerprint density at radius 3 is 2.62 bits per heavy atom. The van der Waals surface area contributed by atoms with Gasteiger partial charge in [-0.25, -0.2) is 8.78 Å². The predicted molar refractivity (Wildman–Crippen MR) is 109 cm³/mol. The molecule has 0 aliphatic carbocycles. The number of benzene rings is 1. The van der Waals surface area contributed by atoms with E-state index in [1.165, 1.54) is 16.8 Å². The van der Waals surface area contributed by atoms with E-state index in [4.69, 9.17) is 4.74 Å². The van der Waals surface area contributed by atoms with Crippen LogP contribution < -0.4 is 10.7 Å². The van der Waals surface area contributed by atoms with Gasteiger partial charge in [0.15, 0.2) is 11.4 Å². The molecule has 32 heavy (non-hydrogen) atoms. The lowest BCUT2D eigenvalue weighted by molar-refractivity contribution is -0.120. The lowest BCUT2D eigenvalue weighted by Gasteiger charge is -2.41. The molecule has 2 aliphatic rings. The summed E-state index contributed by atoms with van der Waals surface area (Å²) < 4.78 is 33.9. The van der Waals surface area contributed by atoms with Crippen molar-refractivity contribution in [1.82, 2.24) is 14.8 Å². The summed E-state index contributed by atoms with van der Waals surface area (Å²) in [5.41, 5.74) is -0.836. The summed E-state index contributed by atoms with van der Waals surface area (Å²) in [6.45, 7) is 4.14. The van der Waals surface area contributed by atoms with Gasteiger partial charge in [-0.1, -0.05) is 6.07 Å². The maximum absolute atomic E-state index is 13.8. The molecule has 0 bridgehead atoms. The minimum atomic E-state index is -0.811. The van der Waals surface area contributed by atoms with Crippen molar-refractivity contribution < 1.29 is 28.2 Å². The Hall–Kier alpha value is -3.27. The molecular weight excluding hydrogens is 424 g/mol. The summed E-state index contributed by atoms with van der Waals surface area (Å²) in [5.74, 6) is -3.28. The number of aromatic nitrogens is 1. The van der Waals surface area contributed by atoms with E-state index in [-0.39, 0.29) is 47.9 Å². The Bertz CT molecular complexity index is 1150. The first kappa shape index (κ1) is 21.9. The van der Waals surface area contributed by atoms with Crippen LogP contribution >= 0.6 is 0 Å². The van der Waals surface area contributed by atoms with Gasteiger partial charge in [-0.15, -0.1) is 0 Å². The minimum Gasteiger partial charge on any atom is -0.503 e. The van der Waals surface area contributed by atoms with E-state index >= 15 is 0 Å². The molecule has 170 valence electrons. The van der Waals surface area contributed by atoms with E-state index in [9.17, 15) is 28.3 Å². The van der Waals surface area contributed by atoms with E-state index in [2.05, 4.69) is 5.32 Å². The van der Waals surface area contributed by atoms with E-state index in [0.717, 1.165) is 6.07 Å². The fraction of sp³-hybridized carbons (Fsp3) is 0.409. The molecule has 2 aliphatic heterocycles. The number of rotatable bonds is 5. The van der Waals surface area contributed by atoms with Crippen molar-refractivity contribution in [2.24, 2.45) is 0 Å². The number of ether oxygens (including phenoxy) is 1. The van der Waals surface area contributed by atoms with Crippen molar-refractivity contribution in [2.45, 2.75) is 44.9 Å². The molecule has 4 rings (SSSR count). The third kappa shape index (κ3) is 3.75. The Labute approximate surface area is 182 Å². The van der Waals surface area contributed by atoms with Gasteiger partial charge in [0.2, 0.25) is 11.3 Å². The van der Waals surface area contributed by atoms with Gasteiger partial charge >= 0.3 is 0 Å². The average molecular weight is 447 g/mol. The smallest absolute Gasteiger partial charge is 0.275 e. The second kappa shape index (κ2) is 8.34. The zero-order chi connectivity index (χ0) is 23.2. The molecule has 0 spiro atoms. The second-order valence-electron chi connectivity index (χ2n) is 8.26. The first-order chi connectivity index (χ1) is 15.2. The zero-order valence-corrected chi connectivity index (χ0v) is 17.6. The Kier molecular flexibility index (Phi) is 5.72. The summed E-state index contributed by atoms with van der Waals surface area (Å²) >= 11 is 0. The number of aromatic hydroxyl groups is 1. The number of amides is 2. The molecule has 2 amide bonds. The van der Waals surface area contributed by atoms with E-state index < -0.39 is 34.6 Å². The maximum Gasteiger partial charge on any atom is 0.275 e. The van der Waals surface area contributed by atoms with E-state index in [1.54, 1.807) is 4.90 Å². The summed E-state index contributed by atoms with van der Waals surface area (Å²) in [7, 11) is 0. The van der Waals surface area contributed by atoms with Gasteiger partial charge in [0, 0.05) is 36.0 Å². The number of fused-ring (bicyclic) bond motifs is 3. The molecule has 0 radical (unpaired) electrons. The van der Waals surface area contributed by atoms with Crippen molar-refractivity contribution >= 4 is 11.8 Å². The first-order valence-corrected chi connectivity index (χ1v) is 10.3. The van der Waals surface area contributed by atoms with Crippen molar-refractivity contribution in [2.75, 3.05) is 13.2 Å². The molecule has 1 aromatic heterocycles. The Morgan fingerprint density at radius 1 is 1.22 bits per heavy atom. The number of nitrogens with zero attached hydrogens (tertiary/aromatic N) is 2. The summed E-state index contributed by atoms with van der Waals surface area (Å²) in [4.78, 5) is 39.7. The number of carbonyl (C=O) groups is 2.